The first-order valence-corrected chi connectivity index (χ1v) is 4.85. The van der Waals surface area contributed by atoms with Crippen molar-refractivity contribution >= 4 is 16.9 Å². The Hall–Kier alpha value is -2.37. The molecule has 3 aromatic rings. The molecule has 3 aromatic heterocycles. The molecule has 2 N–H and O–H groups in total. The second kappa shape index (κ2) is 3.65. The molecule has 0 unspecified atom stereocenters. The number of furan rings is 1. The minimum Gasteiger partial charge on any atom is -0.467 e. The van der Waals surface area contributed by atoms with Crippen molar-refractivity contribution in [3.63, 3.8) is 0 Å². The van der Waals surface area contributed by atoms with Crippen LogP contribution >= 0.6 is 0 Å². The van der Waals surface area contributed by atoms with E-state index in [-0.39, 0.29) is 0 Å². The zero-order valence-electron chi connectivity index (χ0n) is 8.34. The van der Waals surface area contributed by atoms with Gasteiger partial charge in [0.2, 0.25) is 5.65 Å². The molecule has 0 fully saturated rings. The fourth-order valence-electron chi connectivity index (χ4n) is 1.50. The molecule has 0 atom stereocenters. The summed E-state index contributed by atoms with van der Waals surface area (Å²) in [7, 11) is 0. The Labute approximate surface area is 90.7 Å². The molecule has 80 valence electrons. The first kappa shape index (κ1) is 8.90. The Bertz CT molecular complexity index is 586. The van der Waals surface area contributed by atoms with Crippen LogP contribution < -0.4 is 5.32 Å². The minimum atomic E-state index is 0.601. The lowest BCUT2D eigenvalue weighted by Crippen LogP contribution is -1.99. The molecule has 0 bridgehead atoms. The van der Waals surface area contributed by atoms with Crippen LogP contribution in [0.1, 0.15) is 5.76 Å². The third-order valence-corrected chi connectivity index (χ3v) is 2.26. The van der Waals surface area contributed by atoms with Crippen LogP contribution in [0, 0.1) is 0 Å². The zero-order chi connectivity index (χ0) is 10.8. The maximum Gasteiger partial charge on any atom is 0.203 e. The van der Waals surface area contributed by atoms with Crippen molar-refractivity contribution in [2.75, 3.05) is 5.32 Å². The molecule has 0 radical (unpaired) electrons. The average molecular weight is 215 g/mol. The Morgan fingerprint density at radius 1 is 1.31 bits per heavy atom. The monoisotopic (exact) mass is 215 g/mol. The quantitative estimate of drug-likeness (QED) is 0.693. The largest absolute Gasteiger partial charge is 0.467 e. The summed E-state index contributed by atoms with van der Waals surface area (Å²) in [5.74, 6) is 0.869. The van der Waals surface area contributed by atoms with Gasteiger partial charge in [0.15, 0.2) is 5.52 Å². The van der Waals surface area contributed by atoms with Gasteiger partial charge in [0.1, 0.15) is 5.76 Å². The number of hydrogen-bond donors (Lipinski definition) is 2. The predicted molar refractivity (Wildman–Crippen MR) is 57.7 cm³/mol. The molecule has 16 heavy (non-hydrogen) atoms. The smallest absolute Gasteiger partial charge is 0.203 e. The minimum absolute atomic E-state index is 0.601. The highest BCUT2D eigenvalue weighted by atomic mass is 16.3. The number of nitrogens with one attached hydrogen (secondary N) is 2. The van der Waals surface area contributed by atoms with E-state index in [0.717, 1.165) is 17.0 Å². The van der Waals surface area contributed by atoms with Crippen LogP contribution in [0.4, 0.5) is 5.69 Å². The van der Waals surface area contributed by atoms with E-state index in [9.17, 15) is 0 Å². The molecular weight excluding hydrogens is 206 g/mol. The van der Waals surface area contributed by atoms with E-state index in [1.807, 2.05) is 18.2 Å². The maximum atomic E-state index is 5.23. The molecule has 6 nitrogen and oxygen atoms in total. The average Bonchev–Trinajstić information content (AvgIpc) is 2.97. The van der Waals surface area contributed by atoms with Crippen molar-refractivity contribution in [2.24, 2.45) is 0 Å². The number of pyridine rings is 1. The van der Waals surface area contributed by atoms with Crippen LogP contribution in [0.25, 0.3) is 11.2 Å². The topological polar surface area (TPSA) is 79.6 Å². The predicted octanol–water partition coefficient (Wildman–Crippen LogP) is 1.56. The van der Waals surface area contributed by atoms with Gasteiger partial charge in [0.25, 0.3) is 0 Å². The third-order valence-electron chi connectivity index (χ3n) is 2.26. The van der Waals surface area contributed by atoms with E-state index in [2.05, 4.69) is 25.7 Å². The van der Waals surface area contributed by atoms with Crippen molar-refractivity contribution in [2.45, 2.75) is 6.54 Å². The molecule has 0 amide bonds. The van der Waals surface area contributed by atoms with Crippen LogP contribution in [0.5, 0.6) is 0 Å². The normalized spacial score (nSPS) is 10.8. The number of aromatic amines is 1. The van der Waals surface area contributed by atoms with E-state index < -0.39 is 0 Å². The highest BCUT2D eigenvalue weighted by molar-refractivity contribution is 5.83. The standard InChI is InChI=1S/C10H9N5O/c1-2-7(16-5-1)6-12-8-3-4-11-10-9(8)13-15-14-10/h1-5H,6H2,(H2,11,12,13,14,15). The van der Waals surface area contributed by atoms with Gasteiger partial charge in [-0.25, -0.2) is 4.98 Å². The third kappa shape index (κ3) is 1.50. The number of hydrogen-bond acceptors (Lipinski definition) is 5. The van der Waals surface area contributed by atoms with Crippen molar-refractivity contribution in [1.29, 1.82) is 0 Å². The Morgan fingerprint density at radius 3 is 3.19 bits per heavy atom. The van der Waals surface area contributed by atoms with Crippen LogP contribution in [0.2, 0.25) is 0 Å². The highest BCUT2D eigenvalue weighted by Crippen LogP contribution is 2.17. The van der Waals surface area contributed by atoms with E-state index in [1.165, 1.54) is 0 Å². The van der Waals surface area contributed by atoms with Crippen molar-refractivity contribution in [1.82, 2.24) is 20.4 Å². The first-order valence-electron chi connectivity index (χ1n) is 4.85. The van der Waals surface area contributed by atoms with E-state index in [0.29, 0.717) is 12.2 Å². The van der Waals surface area contributed by atoms with Gasteiger partial charge in [0, 0.05) is 6.20 Å². The maximum absolute atomic E-state index is 5.23. The summed E-state index contributed by atoms with van der Waals surface area (Å²) in [6.45, 7) is 0.610. The highest BCUT2D eigenvalue weighted by Gasteiger charge is 2.05. The summed E-state index contributed by atoms with van der Waals surface area (Å²) in [6.07, 6.45) is 3.34. The molecule has 0 saturated heterocycles. The Balaban J connectivity index is 1.86. The lowest BCUT2D eigenvalue weighted by molar-refractivity contribution is 0.518. The molecule has 0 spiro atoms. The number of nitrogens with zero attached hydrogens (tertiary/aromatic N) is 3. The van der Waals surface area contributed by atoms with Gasteiger partial charge in [-0.2, -0.15) is 10.3 Å². The first-order chi connectivity index (χ1) is 7.93. The number of anilines is 1. The van der Waals surface area contributed by atoms with E-state index >= 15 is 0 Å². The van der Waals surface area contributed by atoms with Crippen LogP contribution in [-0.2, 0) is 6.54 Å². The van der Waals surface area contributed by atoms with Crippen molar-refractivity contribution in [3.05, 3.63) is 36.4 Å². The van der Waals surface area contributed by atoms with Crippen molar-refractivity contribution in [3.8, 4) is 0 Å². The molecular formula is C10H9N5O. The zero-order valence-corrected chi connectivity index (χ0v) is 8.34. The van der Waals surface area contributed by atoms with E-state index in [1.54, 1.807) is 12.5 Å². The van der Waals surface area contributed by atoms with Gasteiger partial charge in [-0.05, 0) is 18.2 Å². The van der Waals surface area contributed by atoms with Gasteiger partial charge in [-0.1, -0.05) is 0 Å². The van der Waals surface area contributed by atoms with Gasteiger partial charge in [-0.3, -0.25) is 0 Å². The Kier molecular flexibility index (Phi) is 2.03. The second-order valence-electron chi connectivity index (χ2n) is 3.29. The summed E-state index contributed by atoms with van der Waals surface area (Å²) in [5, 5.41) is 13.7. The molecule has 6 heteroatoms. The number of rotatable bonds is 3. The Morgan fingerprint density at radius 2 is 2.31 bits per heavy atom. The lowest BCUT2D eigenvalue weighted by Gasteiger charge is -2.03. The fourth-order valence-corrected chi connectivity index (χ4v) is 1.50. The molecule has 3 rings (SSSR count). The summed E-state index contributed by atoms with van der Waals surface area (Å²) in [4.78, 5) is 4.08. The van der Waals surface area contributed by atoms with Gasteiger partial charge < -0.3 is 9.73 Å². The molecule has 0 saturated carbocycles. The van der Waals surface area contributed by atoms with Gasteiger partial charge in [-0.15, -0.1) is 5.10 Å². The number of fused-ring (bicyclic) bond motifs is 1. The SMILES string of the molecule is c1coc(CNc2ccnc3n[nH]nc23)c1. The summed E-state index contributed by atoms with van der Waals surface area (Å²) >= 11 is 0. The second-order valence-corrected chi connectivity index (χ2v) is 3.29. The molecule has 0 aromatic carbocycles. The molecule has 0 aliphatic heterocycles. The summed E-state index contributed by atoms with van der Waals surface area (Å²) in [5.41, 5.74) is 2.22. The van der Waals surface area contributed by atoms with Crippen LogP contribution in [0.15, 0.2) is 35.1 Å². The molecule has 0 aliphatic carbocycles. The number of H-pyrrole nitrogens is 1. The number of aromatic nitrogens is 4. The van der Waals surface area contributed by atoms with Gasteiger partial charge in [0.05, 0.1) is 18.5 Å². The van der Waals surface area contributed by atoms with E-state index in [4.69, 9.17) is 4.42 Å². The molecule has 0 aliphatic rings. The van der Waals surface area contributed by atoms with Crippen LogP contribution in [0.3, 0.4) is 0 Å². The lowest BCUT2D eigenvalue weighted by atomic mass is 10.3. The summed E-state index contributed by atoms with van der Waals surface area (Å²) in [6, 6.07) is 5.62. The van der Waals surface area contributed by atoms with Crippen molar-refractivity contribution < 1.29 is 4.42 Å². The van der Waals surface area contributed by atoms with Gasteiger partial charge >= 0.3 is 0 Å². The fraction of sp³-hybridized carbons (Fsp3) is 0.100. The summed E-state index contributed by atoms with van der Waals surface area (Å²) < 4.78 is 5.23. The van der Waals surface area contributed by atoms with Crippen LogP contribution in [-0.4, -0.2) is 20.4 Å². The molecule has 3 heterocycles.